The molecule has 0 spiro atoms. The molecule has 0 saturated carbocycles. The zero-order valence-electron chi connectivity index (χ0n) is 15.6. The van der Waals surface area contributed by atoms with Gasteiger partial charge in [0.1, 0.15) is 6.54 Å². The molecule has 2 N–H and O–H groups in total. The van der Waals surface area contributed by atoms with Gasteiger partial charge in [-0.05, 0) is 38.1 Å². The average Bonchev–Trinajstić information content (AvgIpc) is 2.68. The maximum Gasteiger partial charge on any atom is 0.254 e. The van der Waals surface area contributed by atoms with Gasteiger partial charge >= 0.3 is 0 Å². The highest BCUT2D eigenvalue weighted by atomic mass is 16.2. The van der Waals surface area contributed by atoms with Crippen molar-refractivity contribution in [2.75, 3.05) is 38.0 Å². The Morgan fingerprint density at radius 1 is 0.923 bits per heavy atom. The molecule has 2 aromatic rings. The van der Waals surface area contributed by atoms with Gasteiger partial charge in [0.15, 0.2) is 0 Å². The minimum Gasteiger partial charge on any atom is -0.334 e. The lowest BCUT2D eigenvalue weighted by atomic mass is 10.2. The number of benzene rings is 2. The highest BCUT2D eigenvalue weighted by Gasteiger charge is 2.20. The minimum absolute atomic E-state index is 0.0450. The molecule has 26 heavy (non-hydrogen) atoms. The molecule has 0 aliphatic carbocycles. The summed E-state index contributed by atoms with van der Waals surface area (Å²) in [5.41, 5.74) is 1.34. The van der Waals surface area contributed by atoms with Crippen LogP contribution in [0.4, 0.5) is 5.69 Å². The first-order chi connectivity index (χ1) is 12.6. The number of likely N-dealkylation sites (N-methyl/N-ethyl adjacent to an activating group) is 1. The number of anilines is 1. The lowest BCUT2D eigenvalue weighted by Gasteiger charge is -2.24. The van der Waals surface area contributed by atoms with E-state index < -0.39 is 0 Å². The van der Waals surface area contributed by atoms with Gasteiger partial charge in [-0.2, -0.15) is 0 Å². The van der Waals surface area contributed by atoms with Gasteiger partial charge in [-0.1, -0.05) is 36.4 Å². The zero-order chi connectivity index (χ0) is 18.8. The van der Waals surface area contributed by atoms with Crippen molar-refractivity contribution in [3.63, 3.8) is 0 Å². The van der Waals surface area contributed by atoms with Crippen LogP contribution < -0.4 is 10.2 Å². The van der Waals surface area contributed by atoms with Crippen LogP contribution in [0.1, 0.15) is 24.2 Å². The molecule has 0 heterocycles. The number of quaternary nitrogens is 1. The zero-order valence-corrected chi connectivity index (χ0v) is 15.6. The number of nitrogens with zero attached hydrogens (tertiary/aromatic N) is 1. The molecule has 0 unspecified atom stereocenters. The van der Waals surface area contributed by atoms with Crippen molar-refractivity contribution < 1.29 is 14.5 Å². The van der Waals surface area contributed by atoms with Crippen molar-refractivity contribution >= 4 is 17.5 Å². The molecule has 0 bridgehead atoms. The fourth-order valence-electron chi connectivity index (χ4n) is 2.81. The van der Waals surface area contributed by atoms with Crippen molar-refractivity contribution in [3.8, 4) is 0 Å². The van der Waals surface area contributed by atoms with Crippen LogP contribution in [0.3, 0.4) is 0 Å². The third kappa shape index (κ3) is 6.01. The van der Waals surface area contributed by atoms with E-state index in [1.165, 1.54) is 4.90 Å². The molecule has 0 aliphatic heterocycles. The number of nitrogens with one attached hydrogen (secondary N) is 2. The van der Waals surface area contributed by atoms with E-state index >= 15 is 0 Å². The molecule has 0 aliphatic rings. The monoisotopic (exact) mass is 354 g/mol. The van der Waals surface area contributed by atoms with Gasteiger partial charge in [-0.15, -0.1) is 0 Å². The van der Waals surface area contributed by atoms with Crippen LogP contribution in [0.15, 0.2) is 60.7 Å². The summed E-state index contributed by atoms with van der Waals surface area (Å²) in [7, 11) is 0. The Morgan fingerprint density at radius 3 is 2.08 bits per heavy atom. The van der Waals surface area contributed by atoms with Gasteiger partial charge in [0.05, 0.1) is 26.2 Å². The quantitative estimate of drug-likeness (QED) is 0.720. The molecule has 138 valence electrons. The SMILES string of the molecule is CC[NH+](CC)CCN(CC(=O)Nc1ccccc1)C(=O)c1ccccc1. The van der Waals surface area contributed by atoms with Crippen LogP contribution >= 0.6 is 0 Å². The summed E-state index contributed by atoms with van der Waals surface area (Å²) in [6, 6.07) is 18.4. The first-order valence-electron chi connectivity index (χ1n) is 9.16. The average molecular weight is 354 g/mol. The summed E-state index contributed by atoms with van der Waals surface area (Å²) in [4.78, 5) is 28.3. The Labute approximate surface area is 155 Å². The fraction of sp³-hybridized carbons (Fsp3) is 0.333. The van der Waals surface area contributed by atoms with E-state index in [0.29, 0.717) is 12.1 Å². The maximum atomic E-state index is 12.9. The molecule has 0 atom stereocenters. The van der Waals surface area contributed by atoms with Gasteiger partial charge in [0.2, 0.25) is 5.91 Å². The summed E-state index contributed by atoms with van der Waals surface area (Å²) in [5, 5.41) is 2.85. The lowest BCUT2D eigenvalue weighted by molar-refractivity contribution is -0.895. The largest absolute Gasteiger partial charge is 0.334 e. The molecule has 0 fully saturated rings. The molecule has 2 amide bonds. The highest BCUT2D eigenvalue weighted by molar-refractivity contribution is 5.99. The van der Waals surface area contributed by atoms with E-state index in [1.54, 1.807) is 17.0 Å². The number of para-hydroxylation sites is 1. The van der Waals surface area contributed by atoms with Crippen molar-refractivity contribution in [2.45, 2.75) is 13.8 Å². The normalized spacial score (nSPS) is 10.6. The lowest BCUT2D eigenvalue weighted by Crippen LogP contribution is -3.12. The first-order valence-corrected chi connectivity index (χ1v) is 9.16. The fourth-order valence-corrected chi connectivity index (χ4v) is 2.81. The van der Waals surface area contributed by atoms with Gasteiger partial charge in [-0.25, -0.2) is 0 Å². The van der Waals surface area contributed by atoms with Crippen LogP contribution in [0.2, 0.25) is 0 Å². The van der Waals surface area contributed by atoms with Crippen molar-refractivity contribution in [1.82, 2.24) is 4.90 Å². The van der Waals surface area contributed by atoms with E-state index in [4.69, 9.17) is 0 Å². The standard InChI is InChI=1S/C21H27N3O2/c1-3-23(4-2)15-16-24(21(26)18-11-7-5-8-12-18)17-20(25)22-19-13-9-6-10-14-19/h5-14H,3-4,15-17H2,1-2H3,(H,22,25)/p+1. The number of carbonyl (C=O) groups is 2. The van der Waals surface area contributed by atoms with Crippen LogP contribution in [0.25, 0.3) is 0 Å². The molecule has 5 heteroatoms. The second-order valence-corrected chi connectivity index (χ2v) is 6.21. The van der Waals surface area contributed by atoms with Crippen molar-refractivity contribution in [2.24, 2.45) is 0 Å². The van der Waals surface area contributed by atoms with Gasteiger partial charge in [0, 0.05) is 11.3 Å². The van der Waals surface area contributed by atoms with E-state index in [1.807, 2.05) is 48.5 Å². The Balaban J connectivity index is 2.06. The molecular weight excluding hydrogens is 326 g/mol. The second-order valence-electron chi connectivity index (χ2n) is 6.21. The Bertz CT molecular complexity index is 685. The molecular formula is C21H28N3O2+. The summed E-state index contributed by atoms with van der Waals surface area (Å²) >= 11 is 0. The van der Waals surface area contributed by atoms with Gasteiger partial charge < -0.3 is 15.1 Å². The molecule has 2 aromatic carbocycles. The third-order valence-corrected chi connectivity index (χ3v) is 4.44. The number of carbonyl (C=O) groups excluding carboxylic acids is 2. The van der Waals surface area contributed by atoms with Crippen LogP contribution in [-0.4, -0.2) is 49.4 Å². The molecule has 5 nitrogen and oxygen atoms in total. The Hall–Kier alpha value is -2.66. The summed E-state index contributed by atoms with van der Waals surface area (Å²) in [6.45, 7) is 7.68. The van der Waals surface area contributed by atoms with Crippen molar-refractivity contribution in [3.05, 3.63) is 66.2 Å². The van der Waals surface area contributed by atoms with E-state index in [-0.39, 0.29) is 18.4 Å². The predicted octanol–water partition coefficient (Wildman–Crippen LogP) is 1.69. The number of hydrogen-bond acceptors (Lipinski definition) is 2. The third-order valence-electron chi connectivity index (χ3n) is 4.44. The summed E-state index contributed by atoms with van der Waals surface area (Å²) < 4.78 is 0. The minimum atomic E-state index is -0.185. The number of amides is 2. The smallest absolute Gasteiger partial charge is 0.254 e. The molecule has 0 radical (unpaired) electrons. The van der Waals surface area contributed by atoms with E-state index in [2.05, 4.69) is 19.2 Å². The van der Waals surface area contributed by atoms with Crippen LogP contribution in [0.5, 0.6) is 0 Å². The topological polar surface area (TPSA) is 53.9 Å². The van der Waals surface area contributed by atoms with Crippen LogP contribution in [0, 0.1) is 0 Å². The van der Waals surface area contributed by atoms with Gasteiger partial charge in [-0.3, -0.25) is 9.59 Å². The van der Waals surface area contributed by atoms with Crippen molar-refractivity contribution in [1.29, 1.82) is 0 Å². The number of hydrogen-bond donors (Lipinski definition) is 2. The molecule has 0 saturated heterocycles. The predicted molar refractivity (Wildman–Crippen MR) is 104 cm³/mol. The summed E-state index contributed by atoms with van der Waals surface area (Å²) in [6.07, 6.45) is 0. The Kier molecular flexibility index (Phi) is 7.83. The first kappa shape index (κ1) is 19.7. The van der Waals surface area contributed by atoms with Crippen LogP contribution in [-0.2, 0) is 4.79 Å². The Morgan fingerprint density at radius 2 is 1.50 bits per heavy atom. The maximum absolute atomic E-state index is 12.9. The second kappa shape index (κ2) is 10.4. The van der Waals surface area contributed by atoms with Gasteiger partial charge in [0.25, 0.3) is 5.91 Å². The molecule has 0 aromatic heterocycles. The summed E-state index contributed by atoms with van der Waals surface area (Å²) in [5.74, 6) is -0.296. The molecule has 2 rings (SSSR count). The van der Waals surface area contributed by atoms with E-state index in [9.17, 15) is 9.59 Å². The van der Waals surface area contributed by atoms with E-state index in [0.717, 1.165) is 25.3 Å². The number of rotatable bonds is 9. The highest BCUT2D eigenvalue weighted by Crippen LogP contribution is 2.07.